The quantitative estimate of drug-likeness (QED) is 0.595. The molecule has 0 radical (unpaired) electrons. The lowest BCUT2D eigenvalue weighted by atomic mass is 10.2. The molecule has 0 atom stereocenters. The number of benzene rings is 1. The van der Waals surface area contributed by atoms with Crippen molar-refractivity contribution in [2.75, 3.05) is 19.0 Å². The van der Waals surface area contributed by atoms with Crippen LogP contribution in [0.1, 0.15) is 0 Å². The molecule has 0 aliphatic rings. The van der Waals surface area contributed by atoms with E-state index in [-0.39, 0.29) is 20.7 Å². The van der Waals surface area contributed by atoms with E-state index < -0.39 is 11.6 Å². The molecular formula is C10H7BrClF2N3. The number of anilines is 1. The van der Waals surface area contributed by atoms with Gasteiger partial charge in [0.15, 0.2) is 5.82 Å². The Morgan fingerprint density at radius 3 is 2.53 bits per heavy atom. The molecular weight excluding hydrogens is 315 g/mol. The first kappa shape index (κ1) is 12.4. The molecule has 0 aliphatic carbocycles. The van der Waals surface area contributed by atoms with Gasteiger partial charge in [0, 0.05) is 19.5 Å². The number of hydrogen-bond acceptors (Lipinski definition) is 3. The Kier molecular flexibility index (Phi) is 3.18. The first-order valence-corrected chi connectivity index (χ1v) is 5.77. The van der Waals surface area contributed by atoms with Crippen LogP contribution < -0.4 is 4.90 Å². The molecule has 3 nitrogen and oxygen atoms in total. The van der Waals surface area contributed by atoms with Crippen LogP contribution in [-0.2, 0) is 0 Å². The summed E-state index contributed by atoms with van der Waals surface area (Å²) in [7, 11) is 3.41. The third kappa shape index (κ3) is 2.07. The maximum absolute atomic E-state index is 13.8. The number of fused-ring (bicyclic) bond motifs is 1. The van der Waals surface area contributed by atoms with Crippen LogP contribution in [0, 0.1) is 11.6 Å². The zero-order chi connectivity index (χ0) is 12.7. The lowest BCUT2D eigenvalue weighted by Crippen LogP contribution is -2.12. The van der Waals surface area contributed by atoms with E-state index in [0.29, 0.717) is 5.82 Å². The molecule has 0 saturated heterocycles. The van der Waals surface area contributed by atoms with Gasteiger partial charge < -0.3 is 4.90 Å². The Bertz CT molecular complexity index is 604. The summed E-state index contributed by atoms with van der Waals surface area (Å²) in [4.78, 5) is 9.33. The van der Waals surface area contributed by atoms with E-state index in [1.54, 1.807) is 19.0 Å². The highest BCUT2D eigenvalue weighted by Gasteiger charge is 2.17. The molecule has 2 rings (SSSR count). The van der Waals surface area contributed by atoms with Gasteiger partial charge in [-0.1, -0.05) is 0 Å². The number of aromatic nitrogens is 2. The largest absolute Gasteiger partial charge is 0.362 e. The van der Waals surface area contributed by atoms with Gasteiger partial charge >= 0.3 is 0 Å². The molecule has 1 aromatic heterocycles. The molecule has 0 spiro atoms. The van der Waals surface area contributed by atoms with Crippen LogP contribution >= 0.6 is 27.5 Å². The van der Waals surface area contributed by atoms with E-state index in [9.17, 15) is 8.78 Å². The minimum Gasteiger partial charge on any atom is -0.362 e. The monoisotopic (exact) mass is 321 g/mol. The second-order valence-corrected chi connectivity index (χ2v) is 4.72. The van der Waals surface area contributed by atoms with Gasteiger partial charge in [-0.05, 0) is 33.6 Å². The SMILES string of the molecule is CN(C)c1nc(Cl)nc2c(F)c(Br)c(F)cc12. The van der Waals surface area contributed by atoms with Crippen LogP contribution in [0.3, 0.4) is 0 Å². The lowest BCUT2D eigenvalue weighted by Gasteiger charge is -2.14. The van der Waals surface area contributed by atoms with Gasteiger partial charge in [0.05, 0.1) is 4.47 Å². The highest BCUT2D eigenvalue weighted by molar-refractivity contribution is 9.10. The van der Waals surface area contributed by atoms with Crippen LogP contribution in [0.5, 0.6) is 0 Å². The van der Waals surface area contributed by atoms with Gasteiger partial charge in [-0.25, -0.2) is 13.8 Å². The molecule has 7 heteroatoms. The molecule has 1 heterocycles. The summed E-state index contributed by atoms with van der Waals surface area (Å²) in [6, 6.07) is 1.17. The maximum Gasteiger partial charge on any atom is 0.225 e. The highest BCUT2D eigenvalue weighted by Crippen LogP contribution is 2.31. The van der Waals surface area contributed by atoms with Crippen LogP contribution in [-0.4, -0.2) is 24.1 Å². The van der Waals surface area contributed by atoms with Gasteiger partial charge in [0.25, 0.3) is 0 Å². The van der Waals surface area contributed by atoms with Crippen molar-refractivity contribution in [2.24, 2.45) is 0 Å². The van der Waals surface area contributed by atoms with Crippen LogP contribution in [0.2, 0.25) is 5.28 Å². The van der Waals surface area contributed by atoms with E-state index in [2.05, 4.69) is 25.9 Å². The maximum atomic E-state index is 13.8. The molecule has 17 heavy (non-hydrogen) atoms. The fraction of sp³-hybridized carbons (Fsp3) is 0.200. The number of nitrogens with zero attached hydrogens (tertiary/aromatic N) is 3. The van der Waals surface area contributed by atoms with Crippen molar-refractivity contribution in [3.63, 3.8) is 0 Å². The lowest BCUT2D eigenvalue weighted by molar-refractivity contribution is 0.579. The van der Waals surface area contributed by atoms with Crippen LogP contribution in [0.4, 0.5) is 14.6 Å². The Morgan fingerprint density at radius 1 is 1.29 bits per heavy atom. The van der Waals surface area contributed by atoms with Crippen LogP contribution in [0.15, 0.2) is 10.5 Å². The first-order chi connectivity index (χ1) is 7.91. The summed E-state index contributed by atoms with van der Waals surface area (Å²) in [6.07, 6.45) is 0. The van der Waals surface area contributed by atoms with Crippen molar-refractivity contribution < 1.29 is 8.78 Å². The van der Waals surface area contributed by atoms with Crippen molar-refractivity contribution in [1.29, 1.82) is 0 Å². The van der Waals surface area contributed by atoms with Crippen molar-refractivity contribution >= 4 is 44.3 Å². The van der Waals surface area contributed by atoms with Crippen molar-refractivity contribution in [3.05, 3.63) is 27.5 Å². The highest BCUT2D eigenvalue weighted by atomic mass is 79.9. The van der Waals surface area contributed by atoms with E-state index in [1.165, 1.54) is 6.07 Å². The third-order valence-electron chi connectivity index (χ3n) is 2.20. The summed E-state index contributed by atoms with van der Waals surface area (Å²) in [5, 5.41) is 0.191. The fourth-order valence-corrected chi connectivity index (χ4v) is 1.94. The molecule has 90 valence electrons. The Morgan fingerprint density at radius 2 is 1.94 bits per heavy atom. The summed E-state index contributed by atoms with van der Waals surface area (Å²) in [6.45, 7) is 0. The van der Waals surface area contributed by atoms with Gasteiger partial charge in [0.2, 0.25) is 5.28 Å². The van der Waals surface area contributed by atoms with E-state index in [4.69, 9.17) is 11.6 Å². The summed E-state index contributed by atoms with van der Waals surface area (Å²) in [5.41, 5.74) is -0.0121. The molecule has 0 fully saturated rings. The standard InChI is InChI=1S/C10H7BrClF2N3/c1-17(2)9-4-3-5(13)6(11)7(14)8(4)15-10(12)16-9/h3H,1-2H3. The zero-order valence-corrected chi connectivity index (χ0v) is 11.3. The van der Waals surface area contributed by atoms with Gasteiger partial charge in [-0.15, -0.1) is 0 Å². The second kappa shape index (κ2) is 4.34. The van der Waals surface area contributed by atoms with E-state index in [0.717, 1.165) is 0 Å². The van der Waals surface area contributed by atoms with E-state index >= 15 is 0 Å². The molecule has 0 amide bonds. The Hall–Kier alpha value is -1.01. The minimum absolute atomic E-state index is 0.0121. The molecule has 0 aliphatic heterocycles. The van der Waals surface area contributed by atoms with Crippen molar-refractivity contribution in [1.82, 2.24) is 9.97 Å². The third-order valence-corrected chi connectivity index (χ3v) is 3.10. The van der Waals surface area contributed by atoms with Gasteiger partial charge in [-0.3, -0.25) is 0 Å². The van der Waals surface area contributed by atoms with Gasteiger partial charge in [-0.2, -0.15) is 4.98 Å². The normalized spacial score (nSPS) is 10.9. The molecule has 0 N–H and O–H groups in total. The van der Waals surface area contributed by atoms with Crippen LogP contribution in [0.25, 0.3) is 10.9 Å². The average molecular weight is 323 g/mol. The number of halogens is 4. The smallest absolute Gasteiger partial charge is 0.225 e. The summed E-state index contributed by atoms with van der Waals surface area (Å²) < 4.78 is 27.0. The molecule has 0 bridgehead atoms. The first-order valence-electron chi connectivity index (χ1n) is 4.60. The fourth-order valence-electron chi connectivity index (χ4n) is 1.47. The summed E-state index contributed by atoms with van der Waals surface area (Å²) >= 11 is 8.53. The molecule has 2 aromatic rings. The Labute approximate surface area is 110 Å². The van der Waals surface area contributed by atoms with Crippen molar-refractivity contribution in [3.8, 4) is 0 Å². The second-order valence-electron chi connectivity index (χ2n) is 3.59. The van der Waals surface area contributed by atoms with Gasteiger partial charge in [0.1, 0.15) is 17.2 Å². The minimum atomic E-state index is -0.785. The Balaban J connectivity index is 2.94. The molecule has 0 saturated carbocycles. The molecule has 0 unspecified atom stereocenters. The predicted octanol–water partition coefficient (Wildman–Crippen LogP) is 3.39. The number of rotatable bonds is 1. The number of hydrogen-bond donors (Lipinski definition) is 0. The predicted molar refractivity (Wildman–Crippen MR) is 66.5 cm³/mol. The average Bonchev–Trinajstić information content (AvgIpc) is 2.26. The van der Waals surface area contributed by atoms with E-state index in [1.807, 2.05) is 0 Å². The molecule has 1 aromatic carbocycles. The van der Waals surface area contributed by atoms with Crippen molar-refractivity contribution in [2.45, 2.75) is 0 Å². The topological polar surface area (TPSA) is 29.0 Å². The summed E-state index contributed by atoms with van der Waals surface area (Å²) in [5.74, 6) is -1.12. The zero-order valence-electron chi connectivity index (χ0n) is 8.93.